The third kappa shape index (κ3) is 3.12. The van der Waals surface area contributed by atoms with E-state index in [-0.39, 0.29) is 0 Å². The van der Waals surface area contributed by atoms with Gasteiger partial charge in [-0.25, -0.2) is 9.67 Å². The van der Waals surface area contributed by atoms with E-state index in [0.29, 0.717) is 12.1 Å². The van der Waals surface area contributed by atoms with Gasteiger partial charge in [-0.15, -0.1) is 5.10 Å². The summed E-state index contributed by atoms with van der Waals surface area (Å²) < 4.78 is 7.13. The molecule has 1 unspecified atom stereocenters. The van der Waals surface area contributed by atoms with Crippen LogP contribution in [0.15, 0.2) is 18.5 Å². The first-order valence-corrected chi connectivity index (χ1v) is 7.26. The first-order chi connectivity index (χ1) is 10.3. The topological polar surface area (TPSA) is 69.0 Å². The van der Waals surface area contributed by atoms with E-state index in [0.717, 1.165) is 43.9 Å². The minimum Gasteiger partial charge on any atom is -0.467 e. The lowest BCUT2D eigenvalue weighted by atomic mass is 10.1. The number of methoxy groups -OCH3 is 1. The summed E-state index contributed by atoms with van der Waals surface area (Å²) in [6.45, 7) is 3.90. The monoisotopic (exact) mass is 288 g/mol. The molecule has 1 aliphatic rings. The van der Waals surface area contributed by atoms with Crippen molar-refractivity contribution in [3.63, 3.8) is 0 Å². The van der Waals surface area contributed by atoms with E-state index < -0.39 is 0 Å². The predicted molar refractivity (Wildman–Crippen MR) is 78.4 cm³/mol. The van der Waals surface area contributed by atoms with Crippen molar-refractivity contribution in [2.45, 2.75) is 32.2 Å². The number of ether oxygens (including phenoxy) is 1. The largest absolute Gasteiger partial charge is 0.467 e. The molecule has 1 fully saturated rings. The molecule has 0 bridgehead atoms. The van der Waals surface area contributed by atoms with Gasteiger partial charge >= 0.3 is 6.01 Å². The van der Waals surface area contributed by atoms with Crippen molar-refractivity contribution in [2.24, 2.45) is 0 Å². The fourth-order valence-corrected chi connectivity index (χ4v) is 2.76. The Bertz CT molecular complexity index is 585. The van der Waals surface area contributed by atoms with Crippen LogP contribution in [0.5, 0.6) is 6.01 Å². The molecule has 7 nitrogen and oxygen atoms in total. The van der Waals surface area contributed by atoms with Gasteiger partial charge in [0.05, 0.1) is 19.3 Å². The standard InChI is InChI=1S/C14H20N6O/c1-11-10-13(17-14(16-11)21-2)19-7-3-4-12(5-8-19)20-9-6-15-18-20/h6,9-10,12H,3-5,7-8H2,1-2H3. The Hall–Kier alpha value is -2.18. The second-order valence-corrected chi connectivity index (χ2v) is 5.31. The van der Waals surface area contributed by atoms with Gasteiger partial charge in [-0.3, -0.25) is 0 Å². The first kappa shape index (κ1) is 13.8. The van der Waals surface area contributed by atoms with Crippen LogP contribution in [-0.2, 0) is 0 Å². The molecule has 0 saturated carbocycles. The Balaban J connectivity index is 1.74. The number of rotatable bonds is 3. The molecule has 112 valence electrons. The zero-order valence-electron chi connectivity index (χ0n) is 12.4. The molecule has 0 aliphatic carbocycles. The van der Waals surface area contributed by atoms with Crippen LogP contribution in [0.3, 0.4) is 0 Å². The fourth-order valence-electron chi connectivity index (χ4n) is 2.76. The maximum absolute atomic E-state index is 5.17. The SMILES string of the molecule is COc1nc(C)cc(N2CCCC(n3ccnn3)CC2)n1. The highest BCUT2D eigenvalue weighted by Crippen LogP contribution is 2.25. The zero-order chi connectivity index (χ0) is 14.7. The maximum atomic E-state index is 5.17. The van der Waals surface area contributed by atoms with Gasteiger partial charge in [0.1, 0.15) is 5.82 Å². The summed E-state index contributed by atoms with van der Waals surface area (Å²) in [5.41, 5.74) is 0.925. The summed E-state index contributed by atoms with van der Waals surface area (Å²) in [5.74, 6) is 0.943. The van der Waals surface area contributed by atoms with Crippen LogP contribution in [0.4, 0.5) is 5.82 Å². The van der Waals surface area contributed by atoms with Gasteiger partial charge in [0.25, 0.3) is 0 Å². The molecule has 21 heavy (non-hydrogen) atoms. The molecule has 1 atom stereocenters. The summed E-state index contributed by atoms with van der Waals surface area (Å²) in [7, 11) is 1.60. The van der Waals surface area contributed by atoms with Gasteiger partial charge in [0.2, 0.25) is 0 Å². The quantitative estimate of drug-likeness (QED) is 0.855. The second kappa shape index (κ2) is 6.07. The molecule has 1 aliphatic heterocycles. The summed E-state index contributed by atoms with van der Waals surface area (Å²) >= 11 is 0. The van der Waals surface area contributed by atoms with Crippen LogP contribution in [-0.4, -0.2) is 45.2 Å². The number of hydrogen-bond donors (Lipinski definition) is 0. The average molecular weight is 288 g/mol. The lowest BCUT2D eigenvalue weighted by Crippen LogP contribution is -2.25. The van der Waals surface area contributed by atoms with Gasteiger partial charge < -0.3 is 9.64 Å². The molecule has 7 heteroatoms. The highest BCUT2D eigenvalue weighted by Gasteiger charge is 2.20. The van der Waals surface area contributed by atoms with Crippen molar-refractivity contribution < 1.29 is 4.74 Å². The third-order valence-electron chi connectivity index (χ3n) is 3.84. The molecular formula is C14H20N6O. The van der Waals surface area contributed by atoms with E-state index in [1.54, 1.807) is 13.3 Å². The molecule has 0 N–H and O–H groups in total. The molecular weight excluding hydrogens is 268 g/mol. The van der Waals surface area contributed by atoms with Crippen molar-refractivity contribution in [1.29, 1.82) is 0 Å². The number of aromatic nitrogens is 5. The number of anilines is 1. The second-order valence-electron chi connectivity index (χ2n) is 5.31. The Morgan fingerprint density at radius 3 is 2.90 bits per heavy atom. The Labute approximate surface area is 124 Å². The normalized spacial score (nSPS) is 19.3. The van der Waals surface area contributed by atoms with Crippen molar-refractivity contribution in [3.05, 3.63) is 24.2 Å². The Kier molecular flexibility index (Phi) is 3.98. The maximum Gasteiger partial charge on any atom is 0.318 e. The van der Waals surface area contributed by atoms with Gasteiger partial charge in [-0.2, -0.15) is 4.98 Å². The molecule has 0 radical (unpaired) electrons. The van der Waals surface area contributed by atoms with Crippen molar-refractivity contribution >= 4 is 5.82 Å². The lowest BCUT2D eigenvalue weighted by Gasteiger charge is -2.22. The average Bonchev–Trinajstić information content (AvgIpc) is 2.91. The minimum atomic E-state index is 0.419. The van der Waals surface area contributed by atoms with Crippen molar-refractivity contribution in [1.82, 2.24) is 25.0 Å². The smallest absolute Gasteiger partial charge is 0.318 e. The van der Waals surface area contributed by atoms with Crippen LogP contribution >= 0.6 is 0 Å². The van der Waals surface area contributed by atoms with Crippen molar-refractivity contribution in [3.8, 4) is 6.01 Å². The van der Waals surface area contributed by atoms with E-state index in [1.807, 2.05) is 23.9 Å². The van der Waals surface area contributed by atoms with Crippen LogP contribution in [0.2, 0.25) is 0 Å². The number of nitrogens with zero attached hydrogens (tertiary/aromatic N) is 6. The zero-order valence-corrected chi connectivity index (χ0v) is 12.4. The summed E-state index contributed by atoms with van der Waals surface area (Å²) in [5, 5.41) is 8.03. The molecule has 0 spiro atoms. The van der Waals surface area contributed by atoms with E-state index in [1.165, 1.54) is 0 Å². The summed E-state index contributed by atoms with van der Waals surface area (Å²) in [6, 6.07) is 2.86. The molecule has 2 aromatic rings. The van der Waals surface area contributed by atoms with Crippen molar-refractivity contribution in [2.75, 3.05) is 25.1 Å². The van der Waals surface area contributed by atoms with E-state index in [4.69, 9.17) is 4.74 Å². The van der Waals surface area contributed by atoms with E-state index in [2.05, 4.69) is 25.2 Å². The fraction of sp³-hybridized carbons (Fsp3) is 0.571. The van der Waals surface area contributed by atoms with Gasteiger partial charge in [0.15, 0.2) is 0 Å². The van der Waals surface area contributed by atoms with E-state index >= 15 is 0 Å². The summed E-state index contributed by atoms with van der Waals surface area (Å²) in [6.07, 6.45) is 6.94. The highest BCUT2D eigenvalue weighted by atomic mass is 16.5. The number of aryl methyl sites for hydroxylation is 1. The van der Waals surface area contributed by atoms with Crippen LogP contribution < -0.4 is 9.64 Å². The van der Waals surface area contributed by atoms with E-state index in [9.17, 15) is 0 Å². The molecule has 1 saturated heterocycles. The van der Waals surface area contributed by atoms with Gasteiger partial charge in [-0.05, 0) is 26.2 Å². The minimum absolute atomic E-state index is 0.419. The lowest BCUT2D eigenvalue weighted by molar-refractivity contribution is 0.378. The molecule has 0 aromatic carbocycles. The number of hydrogen-bond acceptors (Lipinski definition) is 6. The van der Waals surface area contributed by atoms with Crippen LogP contribution in [0.25, 0.3) is 0 Å². The third-order valence-corrected chi connectivity index (χ3v) is 3.84. The highest BCUT2D eigenvalue weighted by molar-refractivity contribution is 5.40. The molecule has 2 aromatic heterocycles. The molecule has 3 heterocycles. The Morgan fingerprint density at radius 2 is 2.14 bits per heavy atom. The van der Waals surface area contributed by atoms with Gasteiger partial charge in [0, 0.05) is 31.0 Å². The molecule has 3 rings (SSSR count). The molecule has 0 amide bonds. The Morgan fingerprint density at radius 1 is 1.24 bits per heavy atom. The van der Waals surface area contributed by atoms with Gasteiger partial charge in [-0.1, -0.05) is 5.21 Å². The summed E-state index contributed by atoms with van der Waals surface area (Å²) in [4.78, 5) is 11.0. The predicted octanol–water partition coefficient (Wildman–Crippen LogP) is 1.62. The van der Waals surface area contributed by atoms with Crippen LogP contribution in [0.1, 0.15) is 31.0 Å². The first-order valence-electron chi connectivity index (χ1n) is 7.26. The van der Waals surface area contributed by atoms with Crippen LogP contribution in [0, 0.1) is 6.92 Å².